The van der Waals surface area contributed by atoms with Crippen molar-refractivity contribution in [2.24, 2.45) is 17.3 Å². The highest BCUT2D eigenvalue weighted by Gasteiger charge is 2.44. The number of fused-ring (bicyclic) bond motifs is 1. The molecule has 1 amide bonds. The van der Waals surface area contributed by atoms with Gasteiger partial charge in [0, 0.05) is 15.8 Å². The van der Waals surface area contributed by atoms with E-state index in [4.69, 9.17) is 11.6 Å². The van der Waals surface area contributed by atoms with Gasteiger partial charge in [-0.1, -0.05) is 44.5 Å². The van der Waals surface area contributed by atoms with Crippen molar-refractivity contribution in [1.82, 2.24) is 0 Å². The zero-order chi connectivity index (χ0) is 20.1. The molecule has 1 aromatic carbocycles. The van der Waals surface area contributed by atoms with Crippen LogP contribution < -0.4 is 5.32 Å². The van der Waals surface area contributed by atoms with Gasteiger partial charge in [0.2, 0.25) is 5.91 Å². The van der Waals surface area contributed by atoms with E-state index in [1.54, 1.807) is 11.3 Å². The molecule has 0 aliphatic heterocycles. The molecular formula is C23H25ClN2OS. The molecule has 2 aliphatic carbocycles. The molecule has 0 radical (unpaired) electrons. The predicted octanol–water partition coefficient (Wildman–Crippen LogP) is 6.17. The van der Waals surface area contributed by atoms with Crippen LogP contribution in [0.2, 0.25) is 5.02 Å². The van der Waals surface area contributed by atoms with Gasteiger partial charge >= 0.3 is 0 Å². The van der Waals surface area contributed by atoms with E-state index in [1.165, 1.54) is 4.88 Å². The van der Waals surface area contributed by atoms with Crippen molar-refractivity contribution in [3.8, 4) is 6.07 Å². The first-order valence-corrected chi connectivity index (χ1v) is 11.1. The van der Waals surface area contributed by atoms with E-state index in [2.05, 4.69) is 32.2 Å². The molecule has 0 unspecified atom stereocenters. The summed E-state index contributed by atoms with van der Waals surface area (Å²) in [4.78, 5) is 14.1. The Hall–Kier alpha value is -1.83. The van der Waals surface area contributed by atoms with Crippen LogP contribution in [-0.4, -0.2) is 5.91 Å². The molecule has 3 nitrogen and oxygen atoms in total. The van der Waals surface area contributed by atoms with Crippen LogP contribution in [0.3, 0.4) is 0 Å². The van der Waals surface area contributed by atoms with Gasteiger partial charge in [-0.25, -0.2) is 0 Å². The lowest BCUT2D eigenvalue weighted by molar-refractivity contribution is -0.117. The van der Waals surface area contributed by atoms with Crippen LogP contribution in [0, 0.1) is 28.6 Å². The summed E-state index contributed by atoms with van der Waals surface area (Å²) in [7, 11) is 0. The van der Waals surface area contributed by atoms with Gasteiger partial charge in [0.1, 0.15) is 11.1 Å². The first-order valence-electron chi connectivity index (χ1n) is 9.89. The summed E-state index contributed by atoms with van der Waals surface area (Å²) >= 11 is 7.56. The molecule has 1 fully saturated rings. The third-order valence-corrected chi connectivity index (χ3v) is 7.69. The zero-order valence-electron chi connectivity index (χ0n) is 16.5. The summed E-state index contributed by atoms with van der Waals surface area (Å²) < 4.78 is 0. The Labute approximate surface area is 175 Å². The number of hydrogen-bond acceptors (Lipinski definition) is 3. The maximum absolute atomic E-state index is 12.8. The monoisotopic (exact) mass is 412 g/mol. The maximum Gasteiger partial charge on any atom is 0.228 e. The highest BCUT2D eigenvalue weighted by molar-refractivity contribution is 7.16. The van der Waals surface area contributed by atoms with Crippen LogP contribution in [0.15, 0.2) is 24.3 Å². The SMILES string of the molecule is CC(C)(C)[C@@H]1CCc2c(sc(NC(=O)[C@@H]3C[C@@H]3c3ccc(Cl)cc3)c2C#N)C1. The Morgan fingerprint density at radius 1 is 1.29 bits per heavy atom. The highest BCUT2D eigenvalue weighted by Crippen LogP contribution is 2.49. The number of halogens is 1. The lowest BCUT2D eigenvalue weighted by Gasteiger charge is -2.33. The minimum atomic E-state index is -0.0193. The van der Waals surface area contributed by atoms with Crippen molar-refractivity contribution in [1.29, 1.82) is 5.26 Å². The largest absolute Gasteiger partial charge is 0.316 e. The average Bonchev–Trinajstić information content (AvgIpc) is 3.37. The second kappa shape index (κ2) is 7.21. The Kier molecular flexibility index (Phi) is 5.02. The molecule has 1 heterocycles. The summed E-state index contributed by atoms with van der Waals surface area (Å²) in [6, 6.07) is 10.1. The summed E-state index contributed by atoms with van der Waals surface area (Å²) in [6.07, 6.45) is 3.90. The minimum Gasteiger partial charge on any atom is -0.316 e. The minimum absolute atomic E-state index is 0.0193. The predicted molar refractivity (Wildman–Crippen MR) is 115 cm³/mol. The number of nitrogens with one attached hydrogen (secondary N) is 1. The zero-order valence-corrected chi connectivity index (χ0v) is 18.1. The van der Waals surface area contributed by atoms with Crippen molar-refractivity contribution in [2.45, 2.75) is 52.4 Å². The second-order valence-electron chi connectivity index (χ2n) is 9.11. The highest BCUT2D eigenvalue weighted by atomic mass is 35.5. The lowest BCUT2D eigenvalue weighted by Crippen LogP contribution is -2.26. The summed E-state index contributed by atoms with van der Waals surface area (Å²) in [5, 5.41) is 14.2. The molecule has 2 aromatic rings. The number of anilines is 1. The number of carbonyl (C=O) groups is 1. The Morgan fingerprint density at radius 2 is 2.00 bits per heavy atom. The van der Waals surface area contributed by atoms with Gasteiger partial charge in [0.15, 0.2) is 0 Å². The summed E-state index contributed by atoms with van der Waals surface area (Å²) in [6.45, 7) is 6.86. The van der Waals surface area contributed by atoms with E-state index in [-0.39, 0.29) is 23.2 Å². The quantitative estimate of drug-likeness (QED) is 0.655. The first-order chi connectivity index (χ1) is 13.3. The van der Waals surface area contributed by atoms with Gasteiger partial charge in [-0.05, 0) is 66.2 Å². The third-order valence-electron chi connectivity index (χ3n) is 6.26. The van der Waals surface area contributed by atoms with Gasteiger partial charge < -0.3 is 5.32 Å². The number of carbonyl (C=O) groups excluding carboxylic acids is 1. The second-order valence-corrected chi connectivity index (χ2v) is 10.7. The van der Waals surface area contributed by atoms with Crippen LogP contribution >= 0.6 is 22.9 Å². The van der Waals surface area contributed by atoms with Crippen molar-refractivity contribution in [2.75, 3.05) is 5.32 Å². The van der Waals surface area contributed by atoms with Crippen molar-refractivity contribution in [3.63, 3.8) is 0 Å². The number of nitrogens with zero attached hydrogens (tertiary/aromatic N) is 1. The van der Waals surface area contributed by atoms with E-state index < -0.39 is 0 Å². The first kappa shape index (κ1) is 19.5. The number of thiophene rings is 1. The Balaban J connectivity index is 1.49. The van der Waals surface area contributed by atoms with Gasteiger partial charge in [-0.3, -0.25) is 4.79 Å². The van der Waals surface area contributed by atoms with Gasteiger partial charge in [-0.2, -0.15) is 5.26 Å². The molecule has 5 heteroatoms. The van der Waals surface area contributed by atoms with E-state index in [0.717, 1.165) is 41.8 Å². The van der Waals surface area contributed by atoms with Crippen LogP contribution in [-0.2, 0) is 17.6 Å². The third kappa shape index (κ3) is 3.71. The van der Waals surface area contributed by atoms with Crippen LogP contribution in [0.25, 0.3) is 0 Å². The Bertz CT molecular complexity index is 949. The molecule has 0 bridgehead atoms. The standard InChI is InChI=1S/C23H25ClN2OS/c1-23(2,3)14-6-9-16-19(12-25)22(28-20(16)10-14)26-21(27)18-11-17(18)13-4-7-15(24)8-5-13/h4-5,7-8,14,17-18H,6,9-11H2,1-3H3,(H,26,27)/t14-,17-,18-/m1/s1. The van der Waals surface area contributed by atoms with E-state index >= 15 is 0 Å². The molecule has 1 aromatic heterocycles. The smallest absolute Gasteiger partial charge is 0.228 e. The molecule has 4 rings (SSSR count). The van der Waals surface area contributed by atoms with Crippen LogP contribution in [0.1, 0.15) is 61.1 Å². The molecule has 1 N–H and O–H groups in total. The average molecular weight is 413 g/mol. The Morgan fingerprint density at radius 3 is 2.64 bits per heavy atom. The maximum atomic E-state index is 12.8. The topological polar surface area (TPSA) is 52.9 Å². The fourth-order valence-corrected chi connectivity index (χ4v) is 5.71. The molecule has 0 saturated heterocycles. The van der Waals surface area contributed by atoms with Crippen molar-refractivity contribution < 1.29 is 4.79 Å². The number of amides is 1. The van der Waals surface area contributed by atoms with E-state index in [9.17, 15) is 10.1 Å². The van der Waals surface area contributed by atoms with E-state index in [0.29, 0.717) is 16.5 Å². The normalized spacial score (nSPS) is 23.6. The fraction of sp³-hybridized carbons (Fsp3) is 0.478. The van der Waals surface area contributed by atoms with Crippen LogP contribution in [0.5, 0.6) is 0 Å². The molecular weight excluding hydrogens is 388 g/mol. The molecule has 1 saturated carbocycles. The number of benzene rings is 1. The fourth-order valence-electron chi connectivity index (χ4n) is 4.30. The molecule has 146 valence electrons. The van der Waals surface area contributed by atoms with Gasteiger partial charge in [0.25, 0.3) is 0 Å². The molecule has 2 aliphatic rings. The lowest BCUT2D eigenvalue weighted by atomic mass is 9.72. The van der Waals surface area contributed by atoms with Crippen molar-refractivity contribution >= 4 is 33.8 Å². The van der Waals surface area contributed by atoms with E-state index in [1.807, 2.05) is 24.3 Å². The summed E-state index contributed by atoms with van der Waals surface area (Å²) in [5.41, 5.74) is 3.26. The van der Waals surface area contributed by atoms with Gasteiger partial charge in [-0.15, -0.1) is 11.3 Å². The number of nitriles is 1. The van der Waals surface area contributed by atoms with Crippen molar-refractivity contribution in [3.05, 3.63) is 50.9 Å². The molecule has 28 heavy (non-hydrogen) atoms. The number of hydrogen-bond donors (Lipinski definition) is 1. The van der Waals surface area contributed by atoms with Crippen LogP contribution in [0.4, 0.5) is 5.00 Å². The van der Waals surface area contributed by atoms with Gasteiger partial charge in [0.05, 0.1) is 5.56 Å². The molecule has 3 atom stereocenters. The molecule has 0 spiro atoms. The number of rotatable bonds is 3. The summed E-state index contributed by atoms with van der Waals surface area (Å²) in [5.74, 6) is 0.880.